The lowest BCUT2D eigenvalue weighted by molar-refractivity contribution is 0.0941. The molecule has 27 heavy (non-hydrogen) atoms. The number of rotatable bonds is 7. The second kappa shape index (κ2) is 8.61. The molecular weight excluding hydrogens is 387 g/mol. The molecule has 142 valence electrons. The molecule has 0 aliphatic rings. The minimum absolute atomic E-state index is 0.217. The van der Waals surface area contributed by atoms with E-state index in [9.17, 15) is 4.79 Å². The number of carbonyl (C=O) groups excluding carboxylic acids is 1. The first kappa shape index (κ1) is 19.5. The standard InChI is InChI=1S/C19H20Cl2N4O2/c1-24-9-3-5-17(24)16-12-18(19(26)22-8-4-10-27-2)25(23-16)13-6-7-14(20)15(21)11-13/h3,5-7,9,11-12H,4,8,10H2,1-2H3,(H,22,26). The van der Waals surface area contributed by atoms with Crippen LogP contribution in [0.15, 0.2) is 42.6 Å². The van der Waals surface area contributed by atoms with Crippen molar-refractivity contribution in [2.75, 3.05) is 20.3 Å². The third kappa shape index (κ3) is 4.35. The molecule has 0 saturated heterocycles. The zero-order valence-electron chi connectivity index (χ0n) is 15.1. The van der Waals surface area contributed by atoms with E-state index in [0.717, 1.165) is 12.1 Å². The molecule has 0 aliphatic heterocycles. The number of halogens is 2. The van der Waals surface area contributed by atoms with Gasteiger partial charge in [-0.2, -0.15) is 5.10 Å². The molecule has 1 aromatic carbocycles. The van der Waals surface area contributed by atoms with Crippen molar-refractivity contribution >= 4 is 29.1 Å². The third-order valence-electron chi connectivity index (χ3n) is 4.11. The van der Waals surface area contributed by atoms with Gasteiger partial charge < -0.3 is 14.6 Å². The maximum absolute atomic E-state index is 12.7. The Kier molecular flexibility index (Phi) is 6.21. The first-order valence-electron chi connectivity index (χ1n) is 8.45. The van der Waals surface area contributed by atoms with Gasteiger partial charge in [-0.25, -0.2) is 4.68 Å². The van der Waals surface area contributed by atoms with E-state index in [0.29, 0.717) is 40.3 Å². The second-order valence-electron chi connectivity index (χ2n) is 6.03. The molecule has 8 heteroatoms. The summed E-state index contributed by atoms with van der Waals surface area (Å²) in [6, 6.07) is 10.8. The lowest BCUT2D eigenvalue weighted by Crippen LogP contribution is -2.27. The molecule has 0 bridgehead atoms. The van der Waals surface area contributed by atoms with E-state index < -0.39 is 0 Å². The van der Waals surface area contributed by atoms with Gasteiger partial charge in [0.15, 0.2) is 0 Å². The highest BCUT2D eigenvalue weighted by Crippen LogP contribution is 2.27. The first-order chi connectivity index (χ1) is 13.0. The van der Waals surface area contributed by atoms with Gasteiger partial charge in [-0.1, -0.05) is 23.2 Å². The predicted octanol–water partition coefficient (Wildman–Crippen LogP) is 3.95. The number of benzene rings is 1. The zero-order valence-corrected chi connectivity index (χ0v) is 16.6. The average molecular weight is 407 g/mol. The molecule has 6 nitrogen and oxygen atoms in total. The molecule has 0 saturated carbocycles. The minimum atomic E-state index is -0.217. The molecule has 3 aromatic rings. The molecule has 3 rings (SSSR count). The van der Waals surface area contributed by atoms with Crippen LogP contribution in [0.4, 0.5) is 0 Å². The van der Waals surface area contributed by atoms with Crippen molar-refractivity contribution in [1.29, 1.82) is 0 Å². The summed E-state index contributed by atoms with van der Waals surface area (Å²) in [4.78, 5) is 12.7. The van der Waals surface area contributed by atoms with E-state index in [4.69, 9.17) is 27.9 Å². The molecule has 2 heterocycles. The van der Waals surface area contributed by atoms with Crippen molar-refractivity contribution in [2.45, 2.75) is 6.42 Å². The molecular formula is C19H20Cl2N4O2. The Morgan fingerprint density at radius 2 is 2.04 bits per heavy atom. The largest absolute Gasteiger partial charge is 0.385 e. The van der Waals surface area contributed by atoms with Crippen molar-refractivity contribution in [3.63, 3.8) is 0 Å². The van der Waals surface area contributed by atoms with Gasteiger partial charge in [-0.3, -0.25) is 4.79 Å². The van der Waals surface area contributed by atoms with Crippen LogP contribution in [0.1, 0.15) is 16.9 Å². The van der Waals surface area contributed by atoms with Crippen LogP contribution < -0.4 is 5.32 Å². The summed E-state index contributed by atoms with van der Waals surface area (Å²) in [6.45, 7) is 1.10. The zero-order chi connectivity index (χ0) is 19.4. The number of ether oxygens (including phenoxy) is 1. The third-order valence-corrected chi connectivity index (χ3v) is 4.85. The number of nitrogens with one attached hydrogen (secondary N) is 1. The van der Waals surface area contributed by atoms with E-state index in [1.807, 2.05) is 29.9 Å². The molecule has 0 fully saturated rings. The van der Waals surface area contributed by atoms with Crippen LogP contribution in [0.5, 0.6) is 0 Å². The summed E-state index contributed by atoms with van der Waals surface area (Å²) in [5.74, 6) is -0.217. The molecule has 1 N–H and O–H groups in total. The fourth-order valence-corrected chi connectivity index (χ4v) is 3.01. The summed E-state index contributed by atoms with van der Waals surface area (Å²) in [6.07, 6.45) is 2.66. The maximum Gasteiger partial charge on any atom is 0.270 e. The molecule has 0 aliphatic carbocycles. The van der Waals surface area contributed by atoms with E-state index in [-0.39, 0.29) is 5.91 Å². The Morgan fingerprint density at radius 3 is 2.70 bits per heavy atom. The molecule has 0 radical (unpaired) electrons. The minimum Gasteiger partial charge on any atom is -0.385 e. The Labute approximate surface area is 167 Å². The number of nitrogens with zero attached hydrogens (tertiary/aromatic N) is 3. The fourth-order valence-electron chi connectivity index (χ4n) is 2.72. The van der Waals surface area contributed by atoms with E-state index in [1.54, 1.807) is 36.1 Å². The van der Waals surface area contributed by atoms with Crippen molar-refractivity contribution in [3.05, 3.63) is 58.3 Å². The summed E-state index contributed by atoms with van der Waals surface area (Å²) >= 11 is 12.2. The average Bonchev–Trinajstić information content (AvgIpc) is 3.27. The molecule has 2 aromatic heterocycles. The van der Waals surface area contributed by atoms with E-state index >= 15 is 0 Å². The number of aryl methyl sites for hydroxylation is 1. The van der Waals surface area contributed by atoms with Crippen LogP contribution in [0.3, 0.4) is 0 Å². The van der Waals surface area contributed by atoms with Crippen LogP contribution in [0, 0.1) is 0 Å². The number of methoxy groups -OCH3 is 1. The van der Waals surface area contributed by atoms with Gasteiger partial charge in [0.2, 0.25) is 0 Å². The highest BCUT2D eigenvalue weighted by atomic mass is 35.5. The number of amides is 1. The molecule has 1 amide bonds. The topological polar surface area (TPSA) is 61.1 Å². The smallest absolute Gasteiger partial charge is 0.270 e. The Balaban J connectivity index is 1.99. The molecule has 0 atom stereocenters. The van der Waals surface area contributed by atoms with Crippen LogP contribution in [0.25, 0.3) is 17.1 Å². The van der Waals surface area contributed by atoms with Crippen LogP contribution in [-0.4, -0.2) is 40.5 Å². The van der Waals surface area contributed by atoms with Crippen LogP contribution in [0.2, 0.25) is 10.0 Å². The summed E-state index contributed by atoms with van der Waals surface area (Å²) in [5.41, 5.74) is 2.67. The quantitative estimate of drug-likeness (QED) is 0.604. The summed E-state index contributed by atoms with van der Waals surface area (Å²) < 4.78 is 8.54. The highest BCUT2D eigenvalue weighted by molar-refractivity contribution is 6.42. The Hall–Kier alpha value is -2.28. The van der Waals surface area contributed by atoms with Crippen molar-refractivity contribution in [3.8, 4) is 17.1 Å². The Morgan fingerprint density at radius 1 is 1.22 bits per heavy atom. The fraction of sp³-hybridized carbons (Fsp3) is 0.263. The lowest BCUT2D eigenvalue weighted by atomic mass is 10.2. The van der Waals surface area contributed by atoms with Gasteiger partial charge in [0.05, 0.1) is 21.4 Å². The molecule has 0 unspecified atom stereocenters. The number of hydrogen-bond acceptors (Lipinski definition) is 3. The molecule has 0 spiro atoms. The lowest BCUT2D eigenvalue weighted by Gasteiger charge is -2.09. The van der Waals surface area contributed by atoms with Gasteiger partial charge in [-0.05, 0) is 42.8 Å². The predicted molar refractivity (Wildman–Crippen MR) is 107 cm³/mol. The van der Waals surface area contributed by atoms with Crippen molar-refractivity contribution in [1.82, 2.24) is 19.7 Å². The van der Waals surface area contributed by atoms with Gasteiger partial charge in [0, 0.05) is 33.5 Å². The number of hydrogen-bond donors (Lipinski definition) is 1. The van der Waals surface area contributed by atoms with E-state index in [2.05, 4.69) is 10.4 Å². The van der Waals surface area contributed by atoms with E-state index in [1.165, 1.54) is 0 Å². The maximum atomic E-state index is 12.7. The number of carbonyl (C=O) groups is 1. The SMILES string of the molecule is COCCCNC(=O)c1cc(-c2cccn2C)nn1-c1ccc(Cl)c(Cl)c1. The number of aromatic nitrogens is 3. The normalized spacial score (nSPS) is 11.0. The monoisotopic (exact) mass is 406 g/mol. The first-order valence-corrected chi connectivity index (χ1v) is 9.21. The van der Waals surface area contributed by atoms with Gasteiger partial charge in [-0.15, -0.1) is 0 Å². The Bertz CT molecular complexity index is 949. The van der Waals surface area contributed by atoms with Gasteiger partial charge in [0.25, 0.3) is 5.91 Å². The van der Waals surface area contributed by atoms with Gasteiger partial charge in [0.1, 0.15) is 11.4 Å². The second-order valence-corrected chi connectivity index (χ2v) is 6.85. The van der Waals surface area contributed by atoms with Crippen LogP contribution >= 0.6 is 23.2 Å². The van der Waals surface area contributed by atoms with Crippen molar-refractivity contribution in [2.24, 2.45) is 7.05 Å². The summed E-state index contributed by atoms with van der Waals surface area (Å²) in [7, 11) is 3.56. The highest BCUT2D eigenvalue weighted by Gasteiger charge is 2.19. The van der Waals surface area contributed by atoms with Gasteiger partial charge >= 0.3 is 0 Å². The summed E-state index contributed by atoms with van der Waals surface area (Å²) in [5, 5.41) is 8.37. The van der Waals surface area contributed by atoms with Crippen LogP contribution in [-0.2, 0) is 11.8 Å². The van der Waals surface area contributed by atoms with Crippen molar-refractivity contribution < 1.29 is 9.53 Å².